The predicted molar refractivity (Wildman–Crippen MR) is 405 cm³/mol. The number of urea groups is 3. The molecule has 0 aliphatic carbocycles. The highest BCUT2D eigenvalue weighted by Gasteiger charge is 2.40. The number of Topliss-reactive ketones (excluding diaryl/α,β-unsaturated/α-hetero) is 4. The van der Waals surface area contributed by atoms with E-state index >= 15 is 0 Å². The van der Waals surface area contributed by atoms with Crippen LogP contribution in [0.5, 0.6) is 0 Å². The standard InChI is InChI=1S/C24H38N4O5.C21H32N4O4.C19H30N4O3.C14H22N2O2.ClH/c1-23(2,3)20-16-17(25-33-20)15-19(29)18-9-7-8-10-28(18)21(30)26-11-13-27(14-12-26)22(31)32-24(4,5)6;1-15(26)23-9-11-24(12-10-23)20(28)25-8-6-5-7-17(25)18(27)13-16-14-19(29-22-16)21(2,3)4;1-19(2,3)17-13-14(21-26-17)12-16(24)15-6-4-5-9-23(15)18(25)22-10-7-20-8-11-22;1-14(2,3)13-9-10(16-18-13)8-12(17)11-6-4-5-7-15-11;/h16,18H,7-15H2,1-6H3;14,17H,5-13H2,1-4H3;13,15,20H,4-12H2,1-3H3;9,11,15H,4-8H2,1-3H3;1H/t18-;17-;15-;11-;/m0000./s1. The first-order valence-corrected chi connectivity index (χ1v) is 38.6. The number of ether oxygens (including phenoxy) is 1. The molecule has 7 aliphatic heterocycles. The maximum absolute atomic E-state index is 13.3. The van der Waals surface area contributed by atoms with E-state index < -0.39 is 17.7 Å². The van der Waals surface area contributed by atoms with Crippen molar-refractivity contribution in [2.45, 2.75) is 265 Å². The van der Waals surface area contributed by atoms with E-state index in [4.69, 9.17) is 22.8 Å². The monoisotopic (exact) mass is 1510 g/mol. The summed E-state index contributed by atoms with van der Waals surface area (Å²) in [6, 6.07) is 6.01. The van der Waals surface area contributed by atoms with Crippen LogP contribution in [-0.2, 0) is 76.1 Å². The summed E-state index contributed by atoms with van der Waals surface area (Å²) in [5, 5.41) is 22.7. The first-order valence-electron chi connectivity index (χ1n) is 38.6. The molecule has 596 valence electrons. The summed E-state index contributed by atoms with van der Waals surface area (Å²) in [6.45, 7) is 41.2. The largest absolute Gasteiger partial charge is 0.444 e. The minimum absolute atomic E-state index is 0. The molecule has 0 spiro atoms. The maximum atomic E-state index is 13.3. The van der Waals surface area contributed by atoms with Crippen LogP contribution in [0.1, 0.15) is 234 Å². The number of nitrogens with one attached hydrogen (secondary N) is 2. The lowest BCUT2D eigenvalue weighted by atomic mass is 9.92. The van der Waals surface area contributed by atoms with Crippen LogP contribution >= 0.6 is 12.4 Å². The second-order valence-electron chi connectivity index (χ2n) is 34.5. The molecule has 4 aromatic heterocycles. The van der Waals surface area contributed by atoms with E-state index in [0.717, 1.165) is 106 Å². The first-order chi connectivity index (χ1) is 49.8. The molecule has 7 saturated heterocycles. The Kier molecular flexibility index (Phi) is 30.8. The average molecular weight is 1520 g/mol. The average Bonchev–Trinajstić information content (AvgIpc) is 1.56. The molecular formula is C78H123ClN14O14. The third-order valence-electron chi connectivity index (χ3n) is 20.3. The molecule has 0 aromatic carbocycles. The van der Waals surface area contributed by atoms with Gasteiger partial charge in [0, 0.05) is 151 Å². The topological polar surface area (TPSA) is 317 Å². The van der Waals surface area contributed by atoms with Gasteiger partial charge in [-0.2, -0.15) is 0 Å². The Hall–Kier alpha value is -7.72. The SMILES string of the molecule is CC(=O)N1CCN(C(=O)N2CCCC[C@H]2C(=O)Cc2cc(C(C)(C)C)on2)CC1.CC(C)(C)OC(=O)N1CCN(C(=O)N2CCCC[C@H]2C(=O)Cc2cc(C(C)(C)C)on2)CC1.CC(C)(C)c1cc(CC(=O)[C@@H]2CCCCN2)no1.CC(C)(C)c1cc(CC(=O)[C@@H]2CCCCN2C(=O)N2CCNCC2)no1.Cl. The number of amides is 8. The number of piperidine rings is 4. The molecule has 107 heavy (non-hydrogen) atoms. The number of rotatable bonds is 12. The minimum Gasteiger partial charge on any atom is -0.444 e. The van der Waals surface area contributed by atoms with Crippen LogP contribution in [0, 0.1) is 0 Å². The lowest BCUT2D eigenvalue weighted by Gasteiger charge is -2.41. The summed E-state index contributed by atoms with van der Waals surface area (Å²) in [7, 11) is 0. The first kappa shape index (κ1) is 86.5. The van der Waals surface area contributed by atoms with Crippen molar-refractivity contribution in [1.82, 2.24) is 70.5 Å². The third kappa shape index (κ3) is 25.2. The van der Waals surface area contributed by atoms with E-state index in [1.165, 1.54) is 6.42 Å². The highest BCUT2D eigenvalue weighted by molar-refractivity contribution is 5.92. The summed E-state index contributed by atoms with van der Waals surface area (Å²) in [5.41, 5.74) is 1.54. The lowest BCUT2D eigenvalue weighted by Crippen LogP contribution is -2.58. The Bertz CT molecular complexity index is 3590. The van der Waals surface area contributed by atoms with Gasteiger partial charge in [0.1, 0.15) is 28.6 Å². The molecule has 11 heterocycles. The van der Waals surface area contributed by atoms with E-state index in [1.807, 2.05) is 112 Å². The van der Waals surface area contributed by atoms with Crippen LogP contribution in [0.2, 0.25) is 0 Å². The van der Waals surface area contributed by atoms with E-state index in [0.29, 0.717) is 121 Å². The fourth-order valence-corrected chi connectivity index (χ4v) is 13.8. The Balaban J connectivity index is 0.000000202. The van der Waals surface area contributed by atoms with Crippen molar-refractivity contribution in [2.24, 2.45) is 0 Å². The van der Waals surface area contributed by atoms with Gasteiger partial charge in [-0.15, -0.1) is 12.4 Å². The molecule has 7 fully saturated rings. The molecule has 0 radical (unpaired) electrons. The Labute approximate surface area is 638 Å². The van der Waals surface area contributed by atoms with E-state index in [-0.39, 0.29) is 119 Å². The van der Waals surface area contributed by atoms with Crippen LogP contribution < -0.4 is 10.6 Å². The minimum atomic E-state index is -0.553. The van der Waals surface area contributed by atoms with Crippen molar-refractivity contribution in [1.29, 1.82) is 0 Å². The zero-order valence-corrected chi connectivity index (χ0v) is 67.6. The number of aromatic nitrogens is 4. The number of ketones is 4. The molecule has 4 aromatic rings. The van der Waals surface area contributed by atoms with Crippen molar-refractivity contribution in [3.8, 4) is 0 Å². The van der Waals surface area contributed by atoms with Crippen molar-refractivity contribution in [3.05, 3.63) is 70.1 Å². The van der Waals surface area contributed by atoms with Crippen molar-refractivity contribution in [2.75, 3.05) is 105 Å². The molecule has 0 bridgehead atoms. The third-order valence-corrected chi connectivity index (χ3v) is 20.3. The molecule has 29 heteroatoms. The number of hydrogen-bond donors (Lipinski definition) is 2. The predicted octanol–water partition coefficient (Wildman–Crippen LogP) is 10.4. The number of likely N-dealkylation sites (tertiary alicyclic amines) is 3. The summed E-state index contributed by atoms with van der Waals surface area (Å²) >= 11 is 0. The van der Waals surface area contributed by atoms with Crippen LogP contribution in [0.15, 0.2) is 42.4 Å². The molecule has 8 amide bonds. The number of nitrogens with zero attached hydrogens (tertiary/aromatic N) is 12. The van der Waals surface area contributed by atoms with Crippen LogP contribution in [0.25, 0.3) is 0 Å². The van der Waals surface area contributed by atoms with Gasteiger partial charge in [0.05, 0.1) is 72.6 Å². The Morgan fingerprint density at radius 1 is 0.383 bits per heavy atom. The quantitative estimate of drug-likeness (QED) is 0.133. The fraction of sp³-hybridized carbons (Fsp3) is 0.731. The smallest absolute Gasteiger partial charge is 0.410 e. The van der Waals surface area contributed by atoms with E-state index in [1.54, 1.807) is 41.2 Å². The summed E-state index contributed by atoms with van der Waals surface area (Å²) in [5.74, 6) is 3.42. The number of carbonyl (C=O) groups is 9. The molecule has 2 N–H and O–H groups in total. The fourth-order valence-electron chi connectivity index (χ4n) is 13.8. The molecular weight excluding hydrogens is 1390 g/mol. The van der Waals surface area contributed by atoms with Gasteiger partial charge in [0.15, 0.2) is 23.1 Å². The zero-order valence-electron chi connectivity index (χ0n) is 66.7. The van der Waals surface area contributed by atoms with E-state index in [9.17, 15) is 43.2 Å². The van der Waals surface area contributed by atoms with Gasteiger partial charge in [-0.1, -0.05) is 110 Å². The van der Waals surface area contributed by atoms with Gasteiger partial charge < -0.3 is 72.7 Å². The number of piperazine rings is 3. The molecule has 0 unspecified atom stereocenters. The van der Waals surface area contributed by atoms with Gasteiger partial charge in [-0.05, 0) is 97.9 Å². The maximum Gasteiger partial charge on any atom is 0.410 e. The second-order valence-corrected chi connectivity index (χ2v) is 34.5. The second kappa shape index (κ2) is 38.1. The molecule has 7 aliphatic rings. The molecule has 11 rings (SSSR count). The Morgan fingerprint density at radius 2 is 0.682 bits per heavy atom. The molecule has 28 nitrogen and oxygen atoms in total. The van der Waals surface area contributed by atoms with Gasteiger partial charge in [-0.25, -0.2) is 19.2 Å². The molecule has 0 saturated carbocycles. The number of hydrogen-bond acceptors (Lipinski definition) is 20. The number of halogens is 1. The zero-order chi connectivity index (χ0) is 77.5. The summed E-state index contributed by atoms with van der Waals surface area (Å²) in [4.78, 5) is 128. The van der Waals surface area contributed by atoms with Crippen LogP contribution in [-0.4, -0.2) is 248 Å². The Morgan fingerprint density at radius 3 is 0.972 bits per heavy atom. The lowest BCUT2D eigenvalue weighted by molar-refractivity contribution is -0.130. The van der Waals surface area contributed by atoms with E-state index in [2.05, 4.69) is 52.0 Å². The number of carbonyl (C=O) groups excluding carboxylic acids is 9. The van der Waals surface area contributed by atoms with Gasteiger partial charge in [-0.3, -0.25) is 24.0 Å². The highest BCUT2D eigenvalue weighted by atomic mass is 35.5. The van der Waals surface area contributed by atoms with Gasteiger partial charge >= 0.3 is 24.2 Å². The summed E-state index contributed by atoms with van der Waals surface area (Å²) < 4.78 is 26.9. The van der Waals surface area contributed by atoms with Crippen molar-refractivity contribution in [3.63, 3.8) is 0 Å². The highest BCUT2D eigenvalue weighted by Crippen LogP contribution is 2.31. The normalized spacial score (nSPS) is 20.6. The van der Waals surface area contributed by atoms with Crippen molar-refractivity contribution < 1.29 is 66.0 Å². The summed E-state index contributed by atoms with van der Waals surface area (Å²) in [6.07, 6.45) is 11.5. The van der Waals surface area contributed by atoms with Crippen LogP contribution in [0.4, 0.5) is 19.2 Å². The molecule has 4 atom stereocenters. The van der Waals surface area contributed by atoms with Crippen LogP contribution in [0.3, 0.4) is 0 Å². The van der Waals surface area contributed by atoms with Gasteiger partial charge in [0.25, 0.3) is 0 Å². The van der Waals surface area contributed by atoms with Crippen molar-refractivity contribution >= 4 is 65.6 Å². The van der Waals surface area contributed by atoms with Gasteiger partial charge in [0.2, 0.25) is 5.91 Å².